The smallest absolute Gasteiger partial charge is 0.190 e. The number of nitrogens with one attached hydrogen (secondary N) is 2. The summed E-state index contributed by atoms with van der Waals surface area (Å²) in [5, 5.41) is 6.97. The third-order valence-corrected chi connectivity index (χ3v) is 4.77. The SMILES string of the molecule is CCC(CC)CNC(=NC)NCC1CCCOC1C(C)(C)C. The van der Waals surface area contributed by atoms with Crippen LogP contribution in [0.1, 0.15) is 60.3 Å². The zero-order valence-corrected chi connectivity index (χ0v) is 15.5. The summed E-state index contributed by atoms with van der Waals surface area (Å²) in [6.07, 6.45) is 5.15. The number of guanidine groups is 1. The molecule has 0 radical (unpaired) electrons. The molecule has 0 aromatic heterocycles. The highest BCUT2D eigenvalue weighted by atomic mass is 16.5. The van der Waals surface area contributed by atoms with E-state index in [1.165, 1.54) is 25.7 Å². The van der Waals surface area contributed by atoms with E-state index >= 15 is 0 Å². The standard InChI is InChI=1S/C18H37N3O/c1-7-14(8-2)12-20-17(19-6)21-13-15-10-9-11-22-16(15)18(3,4)5/h14-16H,7-13H2,1-6H3,(H2,19,20,21). The van der Waals surface area contributed by atoms with Crippen molar-refractivity contribution in [1.82, 2.24) is 10.6 Å². The molecule has 0 aromatic rings. The van der Waals surface area contributed by atoms with Gasteiger partial charge in [-0.2, -0.15) is 0 Å². The lowest BCUT2D eigenvalue weighted by Crippen LogP contribution is -2.48. The average molecular weight is 312 g/mol. The summed E-state index contributed by atoms with van der Waals surface area (Å²) in [7, 11) is 1.85. The molecule has 130 valence electrons. The molecule has 0 aromatic carbocycles. The first-order chi connectivity index (χ1) is 10.4. The van der Waals surface area contributed by atoms with Gasteiger partial charge in [0.15, 0.2) is 5.96 Å². The van der Waals surface area contributed by atoms with Crippen molar-refractivity contribution >= 4 is 5.96 Å². The lowest BCUT2D eigenvalue weighted by Gasteiger charge is -2.40. The molecular formula is C18H37N3O. The second kappa shape index (κ2) is 9.39. The van der Waals surface area contributed by atoms with E-state index in [4.69, 9.17) is 4.74 Å². The lowest BCUT2D eigenvalue weighted by atomic mass is 9.78. The van der Waals surface area contributed by atoms with E-state index in [0.717, 1.165) is 31.6 Å². The molecule has 1 rings (SSSR count). The Hall–Kier alpha value is -0.770. The quantitative estimate of drug-likeness (QED) is 0.583. The van der Waals surface area contributed by atoms with Gasteiger partial charge in [-0.05, 0) is 24.2 Å². The maximum absolute atomic E-state index is 6.05. The van der Waals surface area contributed by atoms with Gasteiger partial charge >= 0.3 is 0 Å². The summed E-state index contributed by atoms with van der Waals surface area (Å²) in [4.78, 5) is 4.35. The average Bonchev–Trinajstić information content (AvgIpc) is 2.50. The third-order valence-electron chi connectivity index (χ3n) is 4.77. The Kier molecular flexibility index (Phi) is 8.23. The summed E-state index contributed by atoms with van der Waals surface area (Å²) >= 11 is 0. The molecule has 1 aliphatic heterocycles. The highest BCUT2D eigenvalue weighted by Crippen LogP contribution is 2.33. The van der Waals surface area contributed by atoms with Gasteiger partial charge in [0, 0.05) is 32.7 Å². The van der Waals surface area contributed by atoms with Gasteiger partial charge in [-0.25, -0.2) is 0 Å². The zero-order valence-electron chi connectivity index (χ0n) is 15.5. The first kappa shape index (κ1) is 19.3. The van der Waals surface area contributed by atoms with Crippen molar-refractivity contribution in [3.63, 3.8) is 0 Å². The topological polar surface area (TPSA) is 45.7 Å². The maximum atomic E-state index is 6.05. The number of nitrogens with zero attached hydrogens (tertiary/aromatic N) is 1. The van der Waals surface area contributed by atoms with Gasteiger partial charge < -0.3 is 15.4 Å². The van der Waals surface area contributed by atoms with E-state index in [1.54, 1.807) is 0 Å². The Morgan fingerprint density at radius 3 is 2.45 bits per heavy atom. The fourth-order valence-corrected chi connectivity index (χ4v) is 3.28. The molecule has 1 aliphatic rings. The number of aliphatic imine (C=N–C) groups is 1. The van der Waals surface area contributed by atoms with Crippen LogP contribution in [0.5, 0.6) is 0 Å². The molecular weight excluding hydrogens is 274 g/mol. The van der Waals surface area contributed by atoms with Crippen LogP contribution in [0, 0.1) is 17.3 Å². The van der Waals surface area contributed by atoms with E-state index < -0.39 is 0 Å². The zero-order chi connectivity index (χ0) is 16.6. The molecule has 2 N–H and O–H groups in total. The van der Waals surface area contributed by atoms with E-state index in [0.29, 0.717) is 12.0 Å². The largest absolute Gasteiger partial charge is 0.377 e. The van der Waals surface area contributed by atoms with Gasteiger partial charge in [0.1, 0.15) is 0 Å². The number of rotatable bonds is 6. The van der Waals surface area contributed by atoms with Crippen LogP contribution in [-0.2, 0) is 4.74 Å². The van der Waals surface area contributed by atoms with Crippen LogP contribution < -0.4 is 10.6 Å². The van der Waals surface area contributed by atoms with Crippen LogP contribution in [0.3, 0.4) is 0 Å². The van der Waals surface area contributed by atoms with E-state index in [-0.39, 0.29) is 5.41 Å². The number of hydrogen-bond donors (Lipinski definition) is 2. The summed E-state index contributed by atoms with van der Waals surface area (Å²) in [6, 6.07) is 0. The summed E-state index contributed by atoms with van der Waals surface area (Å²) in [6.45, 7) is 14.2. The Bertz CT molecular complexity index is 332. The molecule has 4 heteroatoms. The molecule has 1 saturated heterocycles. The second-order valence-electron chi connectivity index (χ2n) is 7.58. The van der Waals surface area contributed by atoms with E-state index in [9.17, 15) is 0 Å². The van der Waals surface area contributed by atoms with Crippen LogP contribution in [0.2, 0.25) is 0 Å². The van der Waals surface area contributed by atoms with Crippen molar-refractivity contribution in [1.29, 1.82) is 0 Å². The molecule has 0 spiro atoms. The molecule has 2 atom stereocenters. The molecule has 4 nitrogen and oxygen atoms in total. The summed E-state index contributed by atoms with van der Waals surface area (Å²) in [5.41, 5.74) is 0.194. The van der Waals surface area contributed by atoms with Gasteiger partial charge in [0.25, 0.3) is 0 Å². The molecule has 0 saturated carbocycles. The minimum Gasteiger partial charge on any atom is -0.377 e. The number of ether oxygens (including phenoxy) is 1. The van der Waals surface area contributed by atoms with Gasteiger partial charge in [-0.15, -0.1) is 0 Å². The predicted molar refractivity (Wildman–Crippen MR) is 95.4 cm³/mol. The first-order valence-corrected chi connectivity index (χ1v) is 8.98. The number of hydrogen-bond acceptors (Lipinski definition) is 2. The fraction of sp³-hybridized carbons (Fsp3) is 0.944. The van der Waals surface area contributed by atoms with E-state index in [2.05, 4.69) is 50.2 Å². The molecule has 0 bridgehead atoms. The molecule has 1 fully saturated rings. The van der Waals surface area contributed by atoms with Crippen LogP contribution in [0.4, 0.5) is 0 Å². The molecule has 22 heavy (non-hydrogen) atoms. The van der Waals surface area contributed by atoms with Crippen LogP contribution >= 0.6 is 0 Å². The highest BCUT2D eigenvalue weighted by Gasteiger charge is 2.35. The fourth-order valence-electron chi connectivity index (χ4n) is 3.28. The molecule has 1 heterocycles. The van der Waals surface area contributed by atoms with Crippen LogP contribution in [0.25, 0.3) is 0 Å². The van der Waals surface area contributed by atoms with Crippen LogP contribution in [0.15, 0.2) is 4.99 Å². The summed E-state index contributed by atoms with van der Waals surface area (Å²) < 4.78 is 6.05. The van der Waals surface area contributed by atoms with Crippen molar-refractivity contribution in [2.45, 2.75) is 66.4 Å². The van der Waals surface area contributed by atoms with Crippen molar-refractivity contribution in [2.75, 3.05) is 26.7 Å². The van der Waals surface area contributed by atoms with E-state index in [1.807, 2.05) is 7.05 Å². The van der Waals surface area contributed by atoms with Gasteiger partial charge in [0.2, 0.25) is 0 Å². The Morgan fingerprint density at radius 2 is 1.91 bits per heavy atom. The van der Waals surface area contributed by atoms with Gasteiger partial charge in [-0.3, -0.25) is 4.99 Å². The predicted octanol–water partition coefficient (Wildman–Crippen LogP) is 3.43. The molecule has 0 amide bonds. The maximum Gasteiger partial charge on any atom is 0.190 e. The monoisotopic (exact) mass is 311 g/mol. The highest BCUT2D eigenvalue weighted by molar-refractivity contribution is 5.79. The Labute approximate surface area is 137 Å². The lowest BCUT2D eigenvalue weighted by molar-refractivity contribution is -0.0835. The van der Waals surface area contributed by atoms with Crippen LogP contribution in [-0.4, -0.2) is 38.8 Å². The minimum atomic E-state index is 0.194. The first-order valence-electron chi connectivity index (χ1n) is 8.98. The minimum absolute atomic E-state index is 0.194. The van der Waals surface area contributed by atoms with Crippen molar-refractivity contribution in [3.8, 4) is 0 Å². The second-order valence-corrected chi connectivity index (χ2v) is 7.58. The third kappa shape index (κ3) is 6.15. The Balaban J connectivity index is 2.47. The van der Waals surface area contributed by atoms with Crippen molar-refractivity contribution in [2.24, 2.45) is 22.2 Å². The Morgan fingerprint density at radius 1 is 1.23 bits per heavy atom. The van der Waals surface area contributed by atoms with Gasteiger partial charge in [0.05, 0.1) is 6.10 Å². The normalized spacial score (nSPS) is 23.7. The van der Waals surface area contributed by atoms with Crippen molar-refractivity contribution < 1.29 is 4.74 Å². The van der Waals surface area contributed by atoms with Crippen molar-refractivity contribution in [3.05, 3.63) is 0 Å². The molecule has 0 aliphatic carbocycles. The van der Waals surface area contributed by atoms with Gasteiger partial charge in [-0.1, -0.05) is 47.5 Å². The molecule has 2 unspecified atom stereocenters. The summed E-state index contributed by atoms with van der Waals surface area (Å²) in [5.74, 6) is 2.20.